The van der Waals surface area contributed by atoms with Gasteiger partial charge in [-0.05, 0) is 55.2 Å². The minimum atomic E-state index is -0.308. The summed E-state index contributed by atoms with van der Waals surface area (Å²) in [7, 11) is 0. The Hall–Kier alpha value is -3.37. The van der Waals surface area contributed by atoms with Crippen molar-refractivity contribution in [1.82, 2.24) is 4.90 Å². The number of halogens is 1. The maximum Gasteiger partial charge on any atom is 0.278 e. The lowest BCUT2D eigenvalue weighted by Gasteiger charge is -2.15. The highest BCUT2D eigenvalue weighted by Crippen LogP contribution is 2.31. The zero-order chi connectivity index (χ0) is 22.0. The molecule has 0 radical (unpaired) electrons. The fourth-order valence-corrected chi connectivity index (χ4v) is 3.75. The van der Waals surface area contributed by atoms with E-state index in [1.807, 2.05) is 86.6 Å². The highest BCUT2D eigenvalue weighted by molar-refractivity contribution is 6.36. The van der Waals surface area contributed by atoms with Crippen LogP contribution in [0.2, 0.25) is 5.02 Å². The van der Waals surface area contributed by atoms with Crippen LogP contribution in [0.1, 0.15) is 22.3 Å². The van der Waals surface area contributed by atoms with Crippen molar-refractivity contribution in [3.05, 3.63) is 106 Å². The molecule has 1 N–H and O–H groups in total. The van der Waals surface area contributed by atoms with Gasteiger partial charge in [0.1, 0.15) is 5.70 Å². The van der Waals surface area contributed by atoms with Gasteiger partial charge in [-0.2, -0.15) is 0 Å². The molecule has 3 aromatic carbocycles. The largest absolute Gasteiger partial charge is 0.350 e. The molecule has 0 aliphatic carbocycles. The summed E-state index contributed by atoms with van der Waals surface area (Å²) in [5, 5.41) is 3.90. The van der Waals surface area contributed by atoms with E-state index in [9.17, 15) is 9.59 Å². The smallest absolute Gasteiger partial charge is 0.278 e. The molecule has 0 bridgehead atoms. The van der Waals surface area contributed by atoms with Crippen LogP contribution in [-0.2, 0) is 16.0 Å². The van der Waals surface area contributed by atoms with E-state index < -0.39 is 0 Å². The second kappa shape index (κ2) is 8.78. The van der Waals surface area contributed by atoms with Crippen molar-refractivity contribution >= 4 is 34.7 Å². The Balaban J connectivity index is 1.67. The van der Waals surface area contributed by atoms with E-state index in [0.717, 1.165) is 27.9 Å². The summed E-state index contributed by atoms with van der Waals surface area (Å²) in [5.74, 6) is -0.586. The first-order chi connectivity index (χ1) is 14.9. The van der Waals surface area contributed by atoms with Crippen LogP contribution in [-0.4, -0.2) is 23.3 Å². The first-order valence-corrected chi connectivity index (χ1v) is 10.6. The summed E-state index contributed by atoms with van der Waals surface area (Å²) < 4.78 is 0. The third kappa shape index (κ3) is 4.39. The fourth-order valence-electron chi connectivity index (χ4n) is 3.62. The number of imide groups is 1. The maximum atomic E-state index is 13.3. The number of benzene rings is 3. The van der Waals surface area contributed by atoms with Crippen molar-refractivity contribution in [2.24, 2.45) is 0 Å². The van der Waals surface area contributed by atoms with Crippen molar-refractivity contribution in [2.45, 2.75) is 20.3 Å². The van der Waals surface area contributed by atoms with Gasteiger partial charge in [0.05, 0.1) is 5.57 Å². The van der Waals surface area contributed by atoms with Crippen LogP contribution in [0, 0.1) is 13.8 Å². The number of anilines is 1. The molecule has 0 spiro atoms. The van der Waals surface area contributed by atoms with Gasteiger partial charge in [0.2, 0.25) is 0 Å². The Morgan fingerprint density at radius 3 is 2.19 bits per heavy atom. The Kier molecular flexibility index (Phi) is 5.92. The predicted octanol–water partition coefficient (Wildman–Crippen LogP) is 5.39. The SMILES string of the molecule is Cc1ccc(C2=C(Nc3ccccc3C)C(=O)N(CCc3ccc(Cl)cc3)C2=O)cc1. The number of hydrogen-bond acceptors (Lipinski definition) is 3. The molecule has 5 heteroatoms. The molecule has 1 aliphatic heterocycles. The number of nitrogens with zero attached hydrogens (tertiary/aromatic N) is 1. The minimum absolute atomic E-state index is 0.279. The Bertz CT molecular complexity index is 1160. The third-order valence-electron chi connectivity index (χ3n) is 5.45. The van der Waals surface area contributed by atoms with E-state index >= 15 is 0 Å². The quantitative estimate of drug-likeness (QED) is 0.533. The van der Waals surface area contributed by atoms with Crippen LogP contribution < -0.4 is 5.32 Å². The molecular formula is C26H23ClN2O2. The zero-order valence-electron chi connectivity index (χ0n) is 17.5. The molecule has 0 saturated carbocycles. The lowest BCUT2D eigenvalue weighted by atomic mass is 10.0. The average Bonchev–Trinajstić information content (AvgIpc) is 2.99. The molecule has 2 amide bonds. The van der Waals surface area contributed by atoms with Crippen LogP contribution >= 0.6 is 11.6 Å². The van der Waals surface area contributed by atoms with E-state index in [1.54, 1.807) is 0 Å². The molecule has 31 heavy (non-hydrogen) atoms. The lowest BCUT2D eigenvalue weighted by Crippen LogP contribution is -2.34. The highest BCUT2D eigenvalue weighted by Gasteiger charge is 2.39. The first kappa shape index (κ1) is 20.9. The van der Waals surface area contributed by atoms with E-state index in [2.05, 4.69) is 5.32 Å². The number of rotatable bonds is 6. The molecule has 0 unspecified atom stereocenters. The molecule has 156 valence electrons. The van der Waals surface area contributed by atoms with Crippen molar-refractivity contribution in [3.8, 4) is 0 Å². The Labute approximate surface area is 187 Å². The highest BCUT2D eigenvalue weighted by atomic mass is 35.5. The zero-order valence-corrected chi connectivity index (χ0v) is 18.2. The van der Waals surface area contributed by atoms with Crippen molar-refractivity contribution < 1.29 is 9.59 Å². The number of amides is 2. The summed E-state index contributed by atoms with van der Waals surface area (Å²) in [6.07, 6.45) is 0.563. The molecule has 0 fully saturated rings. The third-order valence-corrected chi connectivity index (χ3v) is 5.70. The van der Waals surface area contributed by atoms with Crippen molar-refractivity contribution in [1.29, 1.82) is 0 Å². The van der Waals surface area contributed by atoms with Crippen LogP contribution in [0.25, 0.3) is 5.57 Å². The van der Waals surface area contributed by atoms with E-state index in [4.69, 9.17) is 11.6 Å². The second-order valence-electron chi connectivity index (χ2n) is 7.69. The summed E-state index contributed by atoms with van der Waals surface area (Å²) in [4.78, 5) is 28.0. The van der Waals surface area contributed by atoms with Gasteiger partial charge in [0.25, 0.3) is 11.8 Å². The van der Waals surface area contributed by atoms with Crippen LogP contribution in [0.15, 0.2) is 78.5 Å². The topological polar surface area (TPSA) is 49.4 Å². The molecule has 4 nitrogen and oxygen atoms in total. The van der Waals surface area contributed by atoms with Gasteiger partial charge in [0.15, 0.2) is 0 Å². The average molecular weight is 431 g/mol. The number of carbonyl (C=O) groups excluding carboxylic acids is 2. The maximum absolute atomic E-state index is 13.3. The van der Waals surface area contributed by atoms with Crippen LogP contribution in [0.3, 0.4) is 0 Å². The number of nitrogens with one attached hydrogen (secondary N) is 1. The molecule has 0 saturated heterocycles. The minimum Gasteiger partial charge on any atom is -0.350 e. The molecule has 4 rings (SSSR count). The Morgan fingerprint density at radius 1 is 0.839 bits per heavy atom. The van der Waals surface area contributed by atoms with Crippen LogP contribution in [0.5, 0.6) is 0 Å². The summed E-state index contributed by atoms with van der Waals surface area (Å²) in [5.41, 5.74) is 5.37. The lowest BCUT2D eigenvalue weighted by molar-refractivity contribution is -0.136. The first-order valence-electron chi connectivity index (χ1n) is 10.2. The fraction of sp³-hybridized carbons (Fsp3) is 0.154. The Morgan fingerprint density at radius 2 is 1.52 bits per heavy atom. The molecular weight excluding hydrogens is 408 g/mol. The normalized spacial score (nSPS) is 13.8. The monoisotopic (exact) mass is 430 g/mol. The van der Waals surface area contributed by atoms with Gasteiger partial charge in [-0.1, -0.05) is 71.8 Å². The van der Waals surface area contributed by atoms with Gasteiger partial charge < -0.3 is 5.32 Å². The predicted molar refractivity (Wildman–Crippen MR) is 125 cm³/mol. The number of para-hydroxylation sites is 1. The molecule has 3 aromatic rings. The van der Waals surface area contributed by atoms with Crippen molar-refractivity contribution in [3.63, 3.8) is 0 Å². The van der Waals surface area contributed by atoms with Crippen LogP contribution in [0.4, 0.5) is 5.69 Å². The number of aryl methyl sites for hydroxylation is 2. The van der Waals surface area contributed by atoms with Gasteiger partial charge in [-0.15, -0.1) is 0 Å². The van der Waals surface area contributed by atoms with E-state index in [0.29, 0.717) is 29.3 Å². The second-order valence-corrected chi connectivity index (χ2v) is 8.13. The molecule has 0 atom stereocenters. The number of carbonyl (C=O) groups is 2. The van der Waals surface area contributed by atoms with Gasteiger partial charge in [-0.3, -0.25) is 14.5 Å². The van der Waals surface area contributed by atoms with Gasteiger partial charge in [0, 0.05) is 17.3 Å². The number of hydrogen-bond donors (Lipinski definition) is 1. The molecule has 0 aromatic heterocycles. The standard InChI is InChI=1S/C26H23ClN2O2/c1-17-7-11-20(12-8-17)23-24(28-22-6-4-3-5-18(22)2)26(31)29(25(23)30)16-15-19-9-13-21(27)14-10-19/h3-14,28H,15-16H2,1-2H3. The van der Waals surface area contributed by atoms with Gasteiger partial charge >= 0.3 is 0 Å². The summed E-state index contributed by atoms with van der Waals surface area (Å²) in [6.45, 7) is 4.26. The molecule has 1 heterocycles. The van der Waals surface area contributed by atoms with Crippen molar-refractivity contribution in [2.75, 3.05) is 11.9 Å². The summed E-state index contributed by atoms with van der Waals surface area (Å²) in [6, 6.07) is 22.8. The van der Waals surface area contributed by atoms with Gasteiger partial charge in [-0.25, -0.2) is 0 Å². The summed E-state index contributed by atoms with van der Waals surface area (Å²) >= 11 is 5.96. The molecule has 1 aliphatic rings. The van der Waals surface area contributed by atoms with E-state index in [-0.39, 0.29) is 11.8 Å². The van der Waals surface area contributed by atoms with E-state index in [1.165, 1.54) is 4.90 Å².